The van der Waals surface area contributed by atoms with Gasteiger partial charge in [0.05, 0.1) is 4.47 Å². The van der Waals surface area contributed by atoms with Crippen LogP contribution in [0, 0.1) is 0 Å². The molecular formula is C8H9BrO2. The van der Waals surface area contributed by atoms with Gasteiger partial charge >= 0.3 is 0 Å². The molecule has 1 aromatic rings. The van der Waals surface area contributed by atoms with Gasteiger partial charge in [-0.2, -0.15) is 0 Å². The number of para-hydroxylation sites is 1. The van der Waals surface area contributed by atoms with Crippen LogP contribution in [-0.2, 0) is 6.42 Å². The molecule has 0 aliphatic rings. The zero-order valence-electron chi connectivity index (χ0n) is 5.92. The quantitative estimate of drug-likeness (QED) is 0.791. The predicted octanol–water partition coefficient (Wildman–Crippen LogP) is 1.69. The van der Waals surface area contributed by atoms with Crippen LogP contribution in [0.15, 0.2) is 22.7 Å². The number of rotatable bonds is 2. The smallest absolute Gasteiger partial charge is 0.133 e. The van der Waals surface area contributed by atoms with Gasteiger partial charge in [-0.3, -0.25) is 0 Å². The van der Waals surface area contributed by atoms with E-state index in [1.165, 1.54) is 0 Å². The lowest BCUT2D eigenvalue weighted by atomic mass is 10.1. The van der Waals surface area contributed by atoms with E-state index in [4.69, 9.17) is 5.11 Å². The molecule has 0 aliphatic heterocycles. The molecule has 0 bridgehead atoms. The van der Waals surface area contributed by atoms with E-state index >= 15 is 0 Å². The van der Waals surface area contributed by atoms with Crippen LogP contribution < -0.4 is 0 Å². The molecule has 0 fully saturated rings. The molecule has 2 nitrogen and oxygen atoms in total. The molecule has 0 heterocycles. The van der Waals surface area contributed by atoms with Crippen molar-refractivity contribution < 1.29 is 10.2 Å². The molecule has 0 spiro atoms. The average Bonchev–Trinajstić information content (AvgIpc) is 1.99. The number of hydrogen-bond acceptors (Lipinski definition) is 2. The Morgan fingerprint density at radius 2 is 2.09 bits per heavy atom. The second kappa shape index (κ2) is 3.74. The Balaban J connectivity index is 2.96. The lowest BCUT2D eigenvalue weighted by molar-refractivity contribution is 0.297. The lowest BCUT2D eigenvalue weighted by Crippen LogP contribution is -1.90. The molecule has 0 aliphatic carbocycles. The Bertz CT molecular complexity index is 248. The van der Waals surface area contributed by atoms with Crippen molar-refractivity contribution in [2.45, 2.75) is 6.42 Å². The molecule has 1 aromatic carbocycles. The van der Waals surface area contributed by atoms with Crippen molar-refractivity contribution in [1.82, 2.24) is 0 Å². The van der Waals surface area contributed by atoms with E-state index < -0.39 is 0 Å². The zero-order chi connectivity index (χ0) is 8.27. The summed E-state index contributed by atoms with van der Waals surface area (Å²) in [5.41, 5.74) is 0.766. The molecule has 2 N–H and O–H groups in total. The summed E-state index contributed by atoms with van der Waals surface area (Å²) in [5, 5.41) is 18.0. The first kappa shape index (κ1) is 8.56. The SMILES string of the molecule is OCCc1cccc(Br)c1O. The number of phenolic OH excluding ortho intramolecular Hbond substituents is 1. The van der Waals surface area contributed by atoms with Gasteiger partial charge in [-0.25, -0.2) is 0 Å². The first-order valence-corrected chi connectivity index (χ1v) is 4.12. The van der Waals surface area contributed by atoms with Crippen molar-refractivity contribution in [3.8, 4) is 5.75 Å². The summed E-state index contributed by atoms with van der Waals surface area (Å²) in [6.07, 6.45) is 0.491. The zero-order valence-corrected chi connectivity index (χ0v) is 7.50. The van der Waals surface area contributed by atoms with Gasteiger partial charge in [-0.1, -0.05) is 12.1 Å². The molecule has 0 amide bonds. The van der Waals surface area contributed by atoms with Gasteiger partial charge in [0.15, 0.2) is 0 Å². The molecule has 11 heavy (non-hydrogen) atoms. The standard InChI is InChI=1S/C8H9BrO2/c9-7-3-1-2-6(4-5-10)8(7)11/h1-3,10-11H,4-5H2. The van der Waals surface area contributed by atoms with E-state index in [1.54, 1.807) is 12.1 Å². The molecule has 3 heteroatoms. The summed E-state index contributed by atoms with van der Waals surface area (Å²) in [5.74, 6) is 0.224. The third kappa shape index (κ3) is 1.94. The van der Waals surface area contributed by atoms with Crippen LogP contribution in [0.3, 0.4) is 0 Å². The Kier molecular flexibility index (Phi) is 2.91. The summed E-state index contributed by atoms with van der Waals surface area (Å²) in [7, 11) is 0. The molecule has 0 radical (unpaired) electrons. The second-order valence-electron chi connectivity index (χ2n) is 2.22. The molecule has 1 rings (SSSR count). The van der Waals surface area contributed by atoms with Crippen LogP contribution in [0.1, 0.15) is 5.56 Å². The second-order valence-corrected chi connectivity index (χ2v) is 3.08. The molecule has 0 saturated carbocycles. The normalized spacial score (nSPS) is 10.0. The highest BCUT2D eigenvalue weighted by molar-refractivity contribution is 9.10. The minimum Gasteiger partial charge on any atom is -0.506 e. The van der Waals surface area contributed by atoms with Gasteiger partial charge in [0.25, 0.3) is 0 Å². The van der Waals surface area contributed by atoms with Gasteiger partial charge in [0.2, 0.25) is 0 Å². The summed E-state index contributed by atoms with van der Waals surface area (Å²) in [6.45, 7) is 0.0595. The van der Waals surface area contributed by atoms with E-state index in [0.717, 1.165) is 5.56 Å². The van der Waals surface area contributed by atoms with Crippen LogP contribution in [0.25, 0.3) is 0 Å². The van der Waals surface area contributed by atoms with Crippen molar-refractivity contribution in [3.63, 3.8) is 0 Å². The molecule has 0 unspecified atom stereocenters. The Morgan fingerprint density at radius 1 is 1.36 bits per heavy atom. The van der Waals surface area contributed by atoms with Crippen molar-refractivity contribution >= 4 is 15.9 Å². The van der Waals surface area contributed by atoms with Gasteiger partial charge in [-0.05, 0) is 34.0 Å². The summed E-state index contributed by atoms with van der Waals surface area (Å²) >= 11 is 3.18. The minimum absolute atomic E-state index is 0.0595. The van der Waals surface area contributed by atoms with Crippen molar-refractivity contribution in [2.24, 2.45) is 0 Å². The van der Waals surface area contributed by atoms with Crippen molar-refractivity contribution in [2.75, 3.05) is 6.61 Å². The van der Waals surface area contributed by atoms with Crippen molar-refractivity contribution in [3.05, 3.63) is 28.2 Å². The number of benzene rings is 1. The van der Waals surface area contributed by atoms with Gasteiger partial charge < -0.3 is 10.2 Å². The Morgan fingerprint density at radius 3 is 2.73 bits per heavy atom. The average molecular weight is 217 g/mol. The summed E-state index contributed by atoms with van der Waals surface area (Å²) < 4.78 is 0.670. The summed E-state index contributed by atoms with van der Waals surface area (Å²) in [4.78, 5) is 0. The third-order valence-electron chi connectivity index (χ3n) is 1.45. The Hall–Kier alpha value is -0.540. The number of aliphatic hydroxyl groups is 1. The number of halogens is 1. The maximum Gasteiger partial charge on any atom is 0.133 e. The third-order valence-corrected chi connectivity index (χ3v) is 2.09. The van der Waals surface area contributed by atoms with Crippen LogP contribution in [0.5, 0.6) is 5.75 Å². The number of aromatic hydroxyl groups is 1. The monoisotopic (exact) mass is 216 g/mol. The fraction of sp³-hybridized carbons (Fsp3) is 0.250. The van der Waals surface area contributed by atoms with E-state index in [0.29, 0.717) is 10.9 Å². The number of aliphatic hydroxyl groups excluding tert-OH is 1. The molecule has 0 aromatic heterocycles. The lowest BCUT2D eigenvalue weighted by Gasteiger charge is -2.02. The van der Waals surface area contributed by atoms with Crippen LogP contribution in [0.2, 0.25) is 0 Å². The van der Waals surface area contributed by atoms with Crippen LogP contribution >= 0.6 is 15.9 Å². The molecule has 0 saturated heterocycles. The molecular weight excluding hydrogens is 208 g/mol. The highest BCUT2D eigenvalue weighted by Crippen LogP contribution is 2.27. The maximum atomic E-state index is 9.37. The Labute approximate surface area is 73.6 Å². The molecule has 0 atom stereocenters. The van der Waals surface area contributed by atoms with Crippen LogP contribution in [-0.4, -0.2) is 16.8 Å². The number of phenols is 1. The van der Waals surface area contributed by atoms with Gasteiger partial charge in [0.1, 0.15) is 5.75 Å². The first-order valence-electron chi connectivity index (χ1n) is 3.33. The maximum absolute atomic E-state index is 9.37. The van der Waals surface area contributed by atoms with Gasteiger partial charge in [0, 0.05) is 6.61 Å². The summed E-state index contributed by atoms with van der Waals surface area (Å²) in [6, 6.07) is 5.38. The van der Waals surface area contributed by atoms with E-state index in [9.17, 15) is 5.11 Å². The van der Waals surface area contributed by atoms with E-state index in [1.807, 2.05) is 6.07 Å². The highest BCUT2D eigenvalue weighted by atomic mass is 79.9. The highest BCUT2D eigenvalue weighted by Gasteiger charge is 2.02. The minimum atomic E-state index is 0.0595. The van der Waals surface area contributed by atoms with Gasteiger partial charge in [-0.15, -0.1) is 0 Å². The predicted molar refractivity (Wildman–Crippen MR) is 46.6 cm³/mol. The van der Waals surface area contributed by atoms with Crippen molar-refractivity contribution in [1.29, 1.82) is 0 Å². The first-order chi connectivity index (χ1) is 5.25. The van der Waals surface area contributed by atoms with E-state index in [2.05, 4.69) is 15.9 Å². The van der Waals surface area contributed by atoms with E-state index in [-0.39, 0.29) is 12.4 Å². The van der Waals surface area contributed by atoms with Crippen LogP contribution in [0.4, 0.5) is 0 Å². The molecule has 60 valence electrons. The number of hydrogen-bond donors (Lipinski definition) is 2. The topological polar surface area (TPSA) is 40.5 Å². The fourth-order valence-corrected chi connectivity index (χ4v) is 1.29. The fourth-order valence-electron chi connectivity index (χ4n) is 0.882. The largest absolute Gasteiger partial charge is 0.506 e.